The van der Waals surface area contributed by atoms with Crippen molar-refractivity contribution in [2.45, 2.75) is 19.9 Å². The zero-order chi connectivity index (χ0) is 18.6. The van der Waals surface area contributed by atoms with E-state index in [0.717, 1.165) is 43.8 Å². The summed E-state index contributed by atoms with van der Waals surface area (Å²) in [6.45, 7) is 6.35. The second kappa shape index (κ2) is 7.89. The van der Waals surface area contributed by atoms with Gasteiger partial charge in [-0.1, -0.05) is 54.1 Å². The van der Waals surface area contributed by atoms with Crippen LogP contribution in [0.25, 0.3) is 10.9 Å². The second-order valence-corrected chi connectivity index (χ2v) is 7.31. The number of hydrogen-bond acceptors (Lipinski definition) is 3. The number of aromatic nitrogens is 1. The molecule has 1 amide bonds. The summed E-state index contributed by atoms with van der Waals surface area (Å²) in [5.74, 6) is 0.227. The van der Waals surface area contributed by atoms with Crippen molar-refractivity contribution in [3.63, 3.8) is 0 Å². The van der Waals surface area contributed by atoms with E-state index in [1.54, 1.807) is 0 Å². The Kier molecular flexibility index (Phi) is 5.16. The Morgan fingerprint density at radius 3 is 2.48 bits per heavy atom. The van der Waals surface area contributed by atoms with Crippen molar-refractivity contribution in [1.82, 2.24) is 14.8 Å². The normalized spacial score (nSPS) is 15.2. The molecule has 1 fully saturated rings. The molecule has 0 unspecified atom stereocenters. The number of nitrogens with zero attached hydrogens (tertiary/aromatic N) is 3. The molecule has 0 radical (unpaired) electrons. The predicted molar refractivity (Wildman–Crippen MR) is 108 cm³/mol. The van der Waals surface area contributed by atoms with E-state index in [1.165, 1.54) is 16.5 Å². The molecule has 138 valence electrons. The monoisotopic (exact) mass is 359 g/mol. The zero-order valence-corrected chi connectivity index (χ0v) is 15.8. The lowest BCUT2D eigenvalue weighted by Gasteiger charge is -2.35. The minimum Gasteiger partial charge on any atom is -0.340 e. The predicted octanol–water partition coefficient (Wildman–Crippen LogP) is 3.43. The van der Waals surface area contributed by atoms with Crippen LogP contribution < -0.4 is 0 Å². The third-order valence-corrected chi connectivity index (χ3v) is 5.31. The minimum absolute atomic E-state index is 0.227. The van der Waals surface area contributed by atoms with Crippen LogP contribution in [0.1, 0.15) is 16.7 Å². The molecule has 27 heavy (non-hydrogen) atoms. The number of amides is 1. The van der Waals surface area contributed by atoms with E-state index in [1.807, 2.05) is 17.2 Å². The van der Waals surface area contributed by atoms with Gasteiger partial charge in [0.05, 0.1) is 11.9 Å². The fourth-order valence-electron chi connectivity index (χ4n) is 3.68. The maximum atomic E-state index is 12.6. The quantitative estimate of drug-likeness (QED) is 0.716. The van der Waals surface area contributed by atoms with E-state index in [2.05, 4.69) is 65.3 Å². The van der Waals surface area contributed by atoms with Crippen LogP contribution in [-0.2, 0) is 17.8 Å². The van der Waals surface area contributed by atoms with Crippen LogP contribution in [-0.4, -0.2) is 46.9 Å². The largest absolute Gasteiger partial charge is 0.340 e. The molecule has 0 N–H and O–H groups in total. The number of fused-ring (bicyclic) bond motifs is 1. The van der Waals surface area contributed by atoms with Gasteiger partial charge in [0.2, 0.25) is 5.91 Å². The number of hydrogen-bond donors (Lipinski definition) is 0. The molecule has 0 aliphatic carbocycles. The molecule has 1 saturated heterocycles. The van der Waals surface area contributed by atoms with Gasteiger partial charge in [0.1, 0.15) is 0 Å². The third-order valence-electron chi connectivity index (χ3n) is 5.31. The molecule has 2 heterocycles. The van der Waals surface area contributed by atoms with E-state index >= 15 is 0 Å². The summed E-state index contributed by atoms with van der Waals surface area (Å²) >= 11 is 0. The second-order valence-electron chi connectivity index (χ2n) is 7.31. The fourth-order valence-corrected chi connectivity index (χ4v) is 3.68. The first-order valence-corrected chi connectivity index (χ1v) is 9.57. The molecule has 1 aliphatic heterocycles. The molecule has 0 spiro atoms. The first-order valence-electron chi connectivity index (χ1n) is 9.57. The van der Waals surface area contributed by atoms with Crippen molar-refractivity contribution in [1.29, 1.82) is 0 Å². The molecule has 0 atom stereocenters. The number of benzene rings is 2. The summed E-state index contributed by atoms with van der Waals surface area (Å²) in [7, 11) is 0. The maximum absolute atomic E-state index is 12.6. The van der Waals surface area contributed by atoms with Crippen LogP contribution in [0.15, 0.2) is 60.8 Å². The Hall–Kier alpha value is -2.72. The molecule has 0 saturated carbocycles. The SMILES string of the molecule is Cc1ccc(CC(=O)N2CCN(Cc3cccc4cccnc34)CC2)cc1. The van der Waals surface area contributed by atoms with Crippen molar-refractivity contribution in [3.05, 3.63) is 77.5 Å². The van der Waals surface area contributed by atoms with Crippen LogP contribution in [0.3, 0.4) is 0 Å². The molecular weight excluding hydrogens is 334 g/mol. The van der Waals surface area contributed by atoms with Gasteiger partial charge in [0.15, 0.2) is 0 Å². The van der Waals surface area contributed by atoms with Crippen molar-refractivity contribution >= 4 is 16.8 Å². The van der Waals surface area contributed by atoms with Gasteiger partial charge in [-0.15, -0.1) is 0 Å². The average molecular weight is 359 g/mol. The highest BCUT2D eigenvalue weighted by Gasteiger charge is 2.21. The van der Waals surface area contributed by atoms with E-state index < -0.39 is 0 Å². The van der Waals surface area contributed by atoms with Crippen molar-refractivity contribution in [2.24, 2.45) is 0 Å². The van der Waals surface area contributed by atoms with Crippen LogP contribution in [0.4, 0.5) is 0 Å². The van der Waals surface area contributed by atoms with Gasteiger partial charge in [-0.05, 0) is 24.1 Å². The van der Waals surface area contributed by atoms with Gasteiger partial charge in [0, 0.05) is 44.3 Å². The van der Waals surface area contributed by atoms with Gasteiger partial charge in [-0.2, -0.15) is 0 Å². The molecule has 2 aromatic carbocycles. The Morgan fingerprint density at radius 2 is 1.70 bits per heavy atom. The van der Waals surface area contributed by atoms with Crippen LogP contribution in [0, 0.1) is 6.92 Å². The van der Waals surface area contributed by atoms with Crippen molar-refractivity contribution in [2.75, 3.05) is 26.2 Å². The Morgan fingerprint density at radius 1 is 0.963 bits per heavy atom. The molecule has 0 bridgehead atoms. The molecular formula is C23H25N3O. The summed E-state index contributed by atoms with van der Waals surface area (Å²) in [5.41, 5.74) is 4.66. The Bertz CT molecular complexity index is 923. The number of aryl methyl sites for hydroxylation is 1. The highest BCUT2D eigenvalue weighted by atomic mass is 16.2. The molecule has 3 aromatic rings. The van der Waals surface area contributed by atoms with Gasteiger partial charge >= 0.3 is 0 Å². The number of piperazine rings is 1. The van der Waals surface area contributed by atoms with Gasteiger partial charge in [0.25, 0.3) is 0 Å². The summed E-state index contributed by atoms with van der Waals surface area (Å²) in [5, 5.41) is 1.18. The van der Waals surface area contributed by atoms with Gasteiger partial charge in [-0.3, -0.25) is 14.7 Å². The number of carbonyl (C=O) groups is 1. The highest BCUT2D eigenvalue weighted by Crippen LogP contribution is 2.18. The summed E-state index contributed by atoms with van der Waals surface area (Å²) in [6, 6.07) is 18.7. The molecule has 1 aromatic heterocycles. The molecule has 4 rings (SSSR count). The van der Waals surface area contributed by atoms with Crippen molar-refractivity contribution in [3.8, 4) is 0 Å². The van der Waals surface area contributed by atoms with E-state index in [0.29, 0.717) is 6.42 Å². The Balaban J connectivity index is 1.34. The van der Waals surface area contributed by atoms with E-state index in [4.69, 9.17) is 0 Å². The highest BCUT2D eigenvalue weighted by molar-refractivity contribution is 5.81. The van der Waals surface area contributed by atoms with Gasteiger partial charge in [-0.25, -0.2) is 0 Å². The van der Waals surface area contributed by atoms with E-state index in [-0.39, 0.29) is 5.91 Å². The fraction of sp³-hybridized carbons (Fsp3) is 0.304. The maximum Gasteiger partial charge on any atom is 0.227 e. The topological polar surface area (TPSA) is 36.4 Å². The van der Waals surface area contributed by atoms with Gasteiger partial charge < -0.3 is 4.90 Å². The summed E-state index contributed by atoms with van der Waals surface area (Å²) in [6.07, 6.45) is 2.35. The standard InChI is InChI=1S/C23H25N3O/c1-18-7-9-19(10-8-18)16-22(27)26-14-12-25(13-15-26)17-21-5-2-4-20-6-3-11-24-23(20)21/h2-11H,12-17H2,1H3. The summed E-state index contributed by atoms with van der Waals surface area (Å²) < 4.78 is 0. The lowest BCUT2D eigenvalue weighted by Crippen LogP contribution is -2.48. The van der Waals surface area contributed by atoms with Crippen LogP contribution in [0.2, 0.25) is 0 Å². The van der Waals surface area contributed by atoms with Crippen LogP contribution in [0.5, 0.6) is 0 Å². The zero-order valence-electron chi connectivity index (χ0n) is 15.8. The first kappa shape index (κ1) is 17.7. The average Bonchev–Trinajstić information content (AvgIpc) is 2.70. The molecule has 1 aliphatic rings. The number of pyridine rings is 1. The molecule has 4 heteroatoms. The third kappa shape index (κ3) is 4.17. The number of rotatable bonds is 4. The summed E-state index contributed by atoms with van der Waals surface area (Å²) in [4.78, 5) is 21.6. The number of para-hydroxylation sites is 1. The van der Waals surface area contributed by atoms with Crippen molar-refractivity contribution < 1.29 is 4.79 Å². The minimum atomic E-state index is 0.227. The smallest absolute Gasteiger partial charge is 0.227 e. The van der Waals surface area contributed by atoms with E-state index in [9.17, 15) is 4.79 Å². The lowest BCUT2D eigenvalue weighted by atomic mass is 10.1. The lowest BCUT2D eigenvalue weighted by molar-refractivity contribution is -0.132. The Labute approximate surface area is 160 Å². The molecule has 4 nitrogen and oxygen atoms in total. The first-order chi connectivity index (χ1) is 13.2. The number of carbonyl (C=O) groups excluding carboxylic acids is 1. The van der Waals surface area contributed by atoms with Crippen LogP contribution >= 0.6 is 0 Å².